The Morgan fingerprint density at radius 3 is 2.59 bits per heavy atom. The Morgan fingerprint density at radius 1 is 1.21 bits per heavy atom. The van der Waals surface area contributed by atoms with Crippen LogP contribution in [0.3, 0.4) is 0 Å². The second-order valence-electron chi connectivity index (χ2n) is 7.68. The lowest BCUT2D eigenvalue weighted by Crippen LogP contribution is -2.43. The molecule has 2 N–H and O–H groups in total. The van der Waals surface area contributed by atoms with Gasteiger partial charge in [0, 0.05) is 5.39 Å². The number of aliphatic hydroxyl groups excluding tert-OH is 1. The molecule has 0 saturated carbocycles. The van der Waals surface area contributed by atoms with Gasteiger partial charge in [0.15, 0.2) is 9.84 Å². The second-order valence-corrected chi connectivity index (χ2v) is 9.83. The monoisotopic (exact) mass is 419 g/mol. The molecule has 154 valence electrons. The number of fused-ring (bicyclic) bond motifs is 3. The molecule has 0 radical (unpaired) electrons. The Labute approximate surface area is 166 Å². The number of furan rings is 1. The Kier molecular flexibility index (Phi) is 4.54. The van der Waals surface area contributed by atoms with Gasteiger partial charge in [-0.05, 0) is 43.5 Å². The Morgan fingerprint density at radius 2 is 1.93 bits per heavy atom. The van der Waals surface area contributed by atoms with Crippen LogP contribution in [0.2, 0.25) is 0 Å². The molecule has 0 unspecified atom stereocenters. The average Bonchev–Trinajstić information content (AvgIpc) is 3.10. The van der Waals surface area contributed by atoms with Crippen molar-refractivity contribution in [3.63, 3.8) is 0 Å². The number of nitrogens with one attached hydrogen (secondary N) is 1. The predicted octanol–water partition coefficient (Wildman–Crippen LogP) is 1.28. The van der Waals surface area contributed by atoms with E-state index < -0.39 is 33.5 Å². The number of hydrogen-bond acceptors (Lipinski definition) is 7. The third-order valence-corrected chi connectivity index (χ3v) is 7.19. The van der Waals surface area contributed by atoms with Gasteiger partial charge in [0.25, 0.3) is 0 Å². The molecule has 1 aromatic carbocycles. The molecule has 3 aromatic rings. The fourth-order valence-corrected chi connectivity index (χ4v) is 5.80. The van der Waals surface area contributed by atoms with Crippen molar-refractivity contribution in [3.05, 3.63) is 45.0 Å². The van der Waals surface area contributed by atoms with Gasteiger partial charge in [0.05, 0.1) is 47.3 Å². The molecule has 1 saturated heterocycles. The highest BCUT2D eigenvalue weighted by Gasteiger charge is 2.37. The van der Waals surface area contributed by atoms with Crippen molar-refractivity contribution in [1.29, 1.82) is 0 Å². The number of aliphatic hydroxyl groups is 1. The van der Waals surface area contributed by atoms with Crippen LogP contribution in [-0.4, -0.2) is 43.1 Å². The summed E-state index contributed by atoms with van der Waals surface area (Å²) in [6.45, 7) is 5.56. The number of hydrogen-bond donors (Lipinski definition) is 2. The second kappa shape index (κ2) is 6.70. The van der Waals surface area contributed by atoms with Crippen LogP contribution >= 0.6 is 0 Å². The summed E-state index contributed by atoms with van der Waals surface area (Å²) in [4.78, 5) is 25.0. The summed E-state index contributed by atoms with van der Waals surface area (Å²) in [5, 5.41) is 13.9. The van der Waals surface area contributed by atoms with E-state index in [1.54, 1.807) is 19.3 Å². The molecule has 2 atom stereocenters. The third kappa shape index (κ3) is 3.34. The lowest BCUT2D eigenvalue weighted by molar-refractivity contribution is -0.121. The molecule has 8 nitrogen and oxygen atoms in total. The number of aryl methyl sites for hydroxylation is 3. The molecule has 0 bridgehead atoms. The van der Waals surface area contributed by atoms with E-state index in [0.717, 1.165) is 16.5 Å². The zero-order valence-electron chi connectivity index (χ0n) is 16.2. The van der Waals surface area contributed by atoms with Crippen molar-refractivity contribution < 1.29 is 27.2 Å². The zero-order chi connectivity index (χ0) is 21.1. The fraction of sp³-hybridized carbons (Fsp3) is 0.400. The maximum absolute atomic E-state index is 12.5. The molecule has 2 aromatic heterocycles. The maximum Gasteiger partial charge on any atom is 0.340 e. The van der Waals surface area contributed by atoms with Crippen LogP contribution in [-0.2, 0) is 21.1 Å². The van der Waals surface area contributed by atoms with Crippen LogP contribution in [0.25, 0.3) is 21.9 Å². The molecule has 29 heavy (non-hydrogen) atoms. The van der Waals surface area contributed by atoms with Crippen LogP contribution in [0.1, 0.15) is 22.3 Å². The van der Waals surface area contributed by atoms with Gasteiger partial charge in [-0.3, -0.25) is 4.79 Å². The topological polar surface area (TPSA) is 127 Å². The largest absolute Gasteiger partial charge is 0.463 e. The molecule has 9 heteroatoms. The highest BCUT2D eigenvalue weighted by Crippen LogP contribution is 2.34. The summed E-state index contributed by atoms with van der Waals surface area (Å²) >= 11 is 0. The first kappa shape index (κ1) is 19.7. The zero-order valence-corrected chi connectivity index (χ0v) is 17.1. The van der Waals surface area contributed by atoms with Crippen molar-refractivity contribution in [2.45, 2.75) is 39.3 Å². The van der Waals surface area contributed by atoms with Gasteiger partial charge in [-0.2, -0.15) is 0 Å². The van der Waals surface area contributed by atoms with Crippen molar-refractivity contribution in [3.8, 4) is 0 Å². The van der Waals surface area contributed by atoms with E-state index in [1.807, 2.05) is 13.8 Å². The summed E-state index contributed by atoms with van der Waals surface area (Å²) in [5.74, 6) is -1.26. The van der Waals surface area contributed by atoms with E-state index in [9.17, 15) is 23.1 Å². The van der Waals surface area contributed by atoms with Gasteiger partial charge in [-0.15, -0.1) is 0 Å². The minimum absolute atomic E-state index is 0.171. The van der Waals surface area contributed by atoms with E-state index in [-0.39, 0.29) is 23.5 Å². The van der Waals surface area contributed by atoms with Crippen LogP contribution in [0.5, 0.6) is 0 Å². The normalized spacial score (nSPS) is 21.1. The SMILES string of the molecule is Cc1coc2c1c(C)cc1oc(=O)c(CC(=O)N[C@H]3CS(=O)(=O)C[C@H]3O)c(C)c12. The van der Waals surface area contributed by atoms with Crippen LogP contribution in [0.4, 0.5) is 0 Å². The predicted molar refractivity (Wildman–Crippen MR) is 107 cm³/mol. The van der Waals surface area contributed by atoms with Crippen LogP contribution < -0.4 is 10.9 Å². The number of carbonyl (C=O) groups is 1. The Bertz CT molecular complexity index is 1320. The fourth-order valence-electron chi connectivity index (χ4n) is 4.06. The van der Waals surface area contributed by atoms with E-state index in [0.29, 0.717) is 22.1 Å². The summed E-state index contributed by atoms with van der Waals surface area (Å²) < 4.78 is 34.4. The molecule has 1 aliphatic heterocycles. The van der Waals surface area contributed by atoms with Crippen molar-refractivity contribution in [1.82, 2.24) is 5.32 Å². The molecule has 0 spiro atoms. The van der Waals surface area contributed by atoms with Crippen molar-refractivity contribution in [2.24, 2.45) is 0 Å². The van der Waals surface area contributed by atoms with Crippen LogP contribution in [0, 0.1) is 20.8 Å². The average molecular weight is 419 g/mol. The lowest BCUT2D eigenvalue weighted by atomic mass is 9.98. The highest BCUT2D eigenvalue weighted by atomic mass is 32.2. The Balaban J connectivity index is 1.73. The quantitative estimate of drug-likeness (QED) is 0.612. The number of amides is 1. The van der Waals surface area contributed by atoms with E-state index >= 15 is 0 Å². The summed E-state index contributed by atoms with van der Waals surface area (Å²) in [6, 6.07) is 0.889. The summed E-state index contributed by atoms with van der Waals surface area (Å²) in [5.41, 5.74) is 2.97. The maximum atomic E-state index is 12.5. The number of benzene rings is 1. The number of carbonyl (C=O) groups excluding carboxylic acids is 1. The molecule has 1 amide bonds. The first-order valence-corrected chi connectivity index (χ1v) is 11.0. The van der Waals surface area contributed by atoms with E-state index in [4.69, 9.17) is 8.83 Å². The molecule has 4 rings (SSSR count). The highest BCUT2D eigenvalue weighted by molar-refractivity contribution is 7.91. The van der Waals surface area contributed by atoms with Gasteiger partial charge in [0.2, 0.25) is 5.91 Å². The molecule has 1 fully saturated rings. The van der Waals surface area contributed by atoms with Gasteiger partial charge in [-0.1, -0.05) is 0 Å². The smallest absolute Gasteiger partial charge is 0.340 e. The van der Waals surface area contributed by atoms with Crippen LogP contribution in [0.15, 0.2) is 26.0 Å². The van der Waals surface area contributed by atoms with Gasteiger partial charge in [-0.25, -0.2) is 13.2 Å². The molecule has 0 aliphatic carbocycles. The van der Waals surface area contributed by atoms with E-state index in [1.165, 1.54) is 0 Å². The first-order valence-electron chi connectivity index (χ1n) is 9.19. The van der Waals surface area contributed by atoms with Gasteiger partial charge in [0.1, 0.15) is 11.2 Å². The molecular formula is C20H21NO7S. The standard InChI is InChI=1S/C20H21NO7S/c1-9-4-15-18(19-17(9)10(2)6-27-19)11(3)12(20(24)28-15)5-16(23)21-13-7-29(25,26)8-14(13)22/h4,6,13-14,22H,5,7-8H2,1-3H3,(H,21,23)/t13-,14+/m0/s1. The van der Waals surface area contributed by atoms with Crippen molar-refractivity contribution >= 4 is 37.7 Å². The minimum atomic E-state index is -3.39. The number of sulfone groups is 1. The summed E-state index contributed by atoms with van der Waals surface area (Å²) in [7, 11) is -3.39. The molecule has 3 heterocycles. The minimum Gasteiger partial charge on any atom is -0.463 e. The van der Waals surface area contributed by atoms with Crippen molar-refractivity contribution in [2.75, 3.05) is 11.5 Å². The van der Waals surface area contributed by atoms with Gasteiger partial charge < -0.3 is 19.3 Å². The Hall–Kier alpha value is -2.65. The summed E-state index contributed by atoms with van der Waals surface area (Å²) in [6.07, 6.45) is 0.185. The number of rotatable bonds is 3. The lowest BCUT2D eigenvalue weighted by Gasteiger charge is -2.15. The molecular weight excluding hydrogens is 398 g/mol. The first-order chi connectivity index (χ1) is 13.6. The van der Waals surface area contributed by atoms with E-state index in [2.05, 4.69) is 5.32 Å². The van der Waals surface area contributed by atoms with Gasteiger partial charge >= 0.3 is 5.63 Å². The molecule has 1 aliphatic rings. The third-order valence-electron chi connectivity index (χ3n) is 5.47.